The Morgan fingerprint density at radius 2 is 2.00 bits per heavy atom. The van der Waals surface area contributed by atoms with E-state index in [0.29, 0.717) is 0 Å². The number of fused-ring (bicyclic) bond motifs is 1. The summed E-state index contributed by atoms with van der Waals surface area (Å²) in [6, 6.07) is 6.17. The predicted octanol–water partition coefficient (Wildman–Crippen LogP) is 3.46. The molecule has 0 amide bonds. The van der Waals surface area contributed by atoms with E-state index < -0.39 is 5.41 Å². The molecule has 78 valence electrons. The number of allylic oxidation sites excluding steroid dienone is 1. The molecule has 0 radical (unpaired) electrons. The standard InChI is InChI=1S/C13H13BrO/c1-13(2)11(15)7-6-9-4-3-5-10(8-14)12(9)13/h3-7H,8H2,1-2H3. The zero-order chi connectivity index (χ0) is 11.1. The third-order valence-corrected chi connectivity index (χ3v) is 3.59. The van der Waals surface area contributed by atoms with Gasteiger partial charge < -0.3 is 0 Å². The Morgan fingerprint density at radius 3 is 2.67 bits per heavy atom. The highest BCUT2D eigenvalue weighted by Crippen LogP contribution is 2.35. The van der Waals surface area contributed by atoms with Crippen molar-refractivity contribution in [2.75, 3.05) is 0 Å². The quantitative estimate of drug-likeness (QED) is 0.711. The maximum Gasteiger partial charge on any atom is 0.165 e. The van der Waals surface area contributed by atoms with E-state index in [0.717, 1.165) is 16.5 Å². The number of rotatable bonds is 1. The first-order valence-electron chi connectivity index (χ1n) is 4.98. The lowest BCUT2D eigenvalue weighted by Crippen LogP contribution is -2.31. The highest BCUT2D eigenvalue weighted by atomic mass is 79.9. The summed E-state index contributed by atoms with van der Waals surface area (Å²) in [7, 11) is 0. The van der Waals surface area contributed by atoms with Crippen LogP contribution in [0.4, 0.5) is 0 Å². The number of halogens is 1. The van der Waals surface area contributed by atoms with Gasteiger partial charge in [-0.3, -0.25) is 4.79 Å². The van der Waals surface area contributed by atoms with E-state index in [1.165, 1.54) is 5.56 Å². The molecule has 0 heterocycles. The topological polar surface area (TPSA) is 17.1 Å². The highest BCUT2D eigenvalue weighted by Gasteiger charge is 2.33. The summed E-state index contributed by atoms with van der Waals surface area (Å²) < 4.78 is 0. The summed E-state index contributed by atoms with van der Waals surface area (Å²) >= 11 is 3.47. The van der Waals surface area contributed by atoms with Gasteiger partial charge in [-0.2, -0.15) is 0 Å². The van der Waals surface area contributed by atoms with Crippen LogP contribution >= 0.6 is 15.9 Å². The first kappa shape index (κ1) is 10.6. The van der Waals surface area contributed by atoms with Gasteiger partial charge in [0.15, 0.2) is 5.78 Å². The van der Waals surface area contributed by atoms with E-state index in [1.807, 2.05) is 26.0 Å². The van der Waals surface area contributed by atoms with E-state index in [-0.39, 0.29) is 5.78 Å². The molecule has 0 N–H and O–H groups in total. The Labute approximate surface area is 98.3 Å². The second-order valence-corrected chi connectivity index (χ2v) is 4.90. The Hall–Kier alpha value is -0.890. The molecule has 0 aliphatic heterocycles. The smallest absolute Gasteiger partial charge is 0.165 e. The van der Waals surface area contributed by atoms with Crippen molar-refractivity contribution in [3.63, 3.8) is 0 Å². The molecule has 1 aromatic carbocycles. The number of hydrogen-bond acceptors (Lipinski definition) is 1. The van der Waals surface area contributed by atoms with Gasteiger partial charge in [-0.1, -0.05) is 40.2 Å². The molecule has 0 fully saturated rings. The second-order valence-electron chi connectivity index (χ2n) is 4.34. The summed E-state index contributed by atoms with van der Waals surface area (Å²) in [4.78, 5) is 11.8. The van der Waals surface area contributed by atoms with Crippen LogP contribution in [0.3, 0.4) is 0 Å². The molecule has 0 unspecified atom stereocenters. The average Bonchev–Trinajstić information content (AvgIpc) is 2.23. The zero-order valence-corrected chi connectivity index (χ0v) is 10.5. The third-order valence-electron chi connectivity index (χ3n) is 2.98. The van der Waals surface area contributed by atoms with Gasteiger partial charge >= 0.3 is 0 Å². The number of hydrogen-bond donors (Lipinski definition) is 0. The number of benzene rings is 1. The van der Waals surface area contributed by atoms with Gasteiger partial charge in [0.1, 0.15) is 0 Å². The molecule has 0 saturated carbocycles. The third kappa shape index (κ3) is 1.57. The molecule has 1 aliphatic carbocycles. The highest BCUT2D eigenvalue weighted by molar-refractivity contribution is 9.08. The molecule has 2 heteroatoms. The van der Waals surface area contributed by atoms with Crippen molar-refractivity contribution < 1.29 is 4.79 Å². The molecule has 1 aromatic rings. The Kier molecular flexibility index (Phi) is 2.55. The van der Waals surface area contributed by atoms with Gasteiger partial charge in [0.05, 0.1) is 5.41 Å². The largest absolute Gasteiger partial charge is 0.294 e. The van der Waals surface area contributed by atoms with Gasteiger partial charge in [0.25, 0.3) is 0 Å². The molecule has 0 spiro atoms. The first-order valence-corrected chi connectivity index (χ1v) is 6.10. The fraction of sp³-hybridized carbons (Fsp3) is 0.308. The zero-order valence-electron chi connectivity index (χ0n) is 8.88. The normalized spacial score (nSPS) is 17.7. The molecule has 0 bridgehead atoms. The lowest BCUT2D eigenvalue weighted by Gasteiger charge is -2.29. The minimum atomic E-state index is -0.394. The predicted molar refractivity (Wildman–Crippen MR) is 66.1 cm³/mol. The van der Waals surface area contributed by atoms with Crippen molar-refractivity contribution in [1.29, 1.82) is 0 Å². The van der Waals surface area contributed by atoms with Gasteiger partial charge in [-0.25, -0.2) is 0 Å². The van der Waals surface area contributed by atoms with Crippen LogP contribution in [-0.2, 0) is 15.5 Å². The van der Waals surface area contributed by atoms with E-state index in [2.05, 4.69) is 28.1 Å². The van der Waals surface area contributed by atoms with Crippen LogP contribution in [0.2, 0.25) is 0 Å². The van der Waals surface area contributed by atoms with E-state index in [4.69, 9.17) is 0 Å². The number of ketones is 1. The number of alkyl halides is 1. The number of carbonyl (C=O) groups excluding carboxylic acids is 1. The summed E-state index contributed by atoms with van der Waals surface area (Å²) in [5, 5.41) is 0.792. The molecular formula is C13H13BrO. The Bertz CT molecular complexity index is 444. The molecule has 1 aliphatic rings. The van der Waals surface area contributed by atoms with Crippen LogP contribution in [-0.4, -0.2) is 5.78 Å². The molecule has 2 rings (SSSR count). The summed E-state index contributed by atoms with van der Waals surface area (Å²) in [5.41, 5.74) is 3.13. The van der Waals surface area contributed by atoms with Crippen molar-refractivity contribution in [3.8, 4) is 0 Å². The van der Waals surface area contributed by atoms with Gasteiger partial charge in [-0.15, -0.1) is 0 Å². The Balaban J connectivity index is 2.72. The van der Waals surface area contributed by atoms with Gasteiger partial charge in [0, 0.05) is 5.33 Å². The SMILES string of the molecule is CC1(C)C(=O)C=Cc2cccc(CBr)c21. The second kappa shape index (κ2) is 3.60. The van der Waals surface area contributed by atoms with Crippen molar-refractivity contribution in [2.45, 2.75) is 24.6 Å². The summed E-state index contributed by atoms with van der Waals surface area (Å²) in [5.74, 6) is 0.184. The molecular weight excluding hydrogens is 252 g/mol. The van der Waals surface area contributed by atoms with E-state index >= 15 is 0 Å². The first-order chi connectivity index (χ1) is 7.07. The molecule has 0 atom stereocenters. The van der Waals surface area contributed by atoms with Crippen LogP contribution < -0.4 is 0 Å². The molecule has 0 saturated heterocycles. The van der Waals surface area contributed by atoms with Gasteiger partial charge in [-0.05, 0) is 36.6 Å². The van der Waals surface area contributed by atoms with Crippen molar-refractivity contribution >= 4 is 27.8 Å². The lowest BCUT2D eigenvalue weighted by molar-refractivity contribution is -0.118. The van der Waals surface area contributed by atoms with Crippen LogP contribution in [0.15, 0.2) is 24.3 Å². The van der Waals surface area contributed by atoms with Crippen LogP contribution in [0.1, 0.15) is 30.5 Å². The van der Waals surface area contributed by atoms with Crippen molar-refractivity contribution in [2.24, 2.45) is 0 Å². The minimum absolute atomic E-state index is 0.184. The van der Waals surface area contributed by atoms with Gasteiger partial charge in [0.2, 0.25) is 0 Å². The lowest BCUT2D eigenvalue weighted by atomic mass is 9.73. The maximum atomic E-state index is 11.8. The average molecular weight is 265 g/mol. The van der Waals surface area contributed by atoms with Crippen molar-refractivity contribution in [1.82, 2.24) is 0 Å². The van der Waals surface area contributed by atoms with Crippen LogP contribution in [0.25, 0.3) is 6.08 Å². The Morgan fingerprint density at radius 1 is 1.27 bits per heavy atom. The fourth-order valence-electron chi connectivity index (χ4n) is 2.13. The van der Waals surface area contributed by atoms with Crippen molar-refractivity contribution in [3.05, 3.63) is 41.0 Å². The minimum Gasteiger partial charge on any atom is -0.294 e. The molecule has 0 aromatic heterocycles. The summed E-state index contributed by atoms with van der Waals surface area (Å²) in [6.07, 6.45) is 3.59. The monoisotopic (exact) mass is 264 g/mol. The fourth-order valence-corrected chi connectivity index (χ4v) is 2.60. The van der Waals surface area contributed by atoms with Crippen LogP contribution in [0.5, 0.6) is 0 Å². The van der Waals surface area contributed by atoms with Crippen LogP contribution in [0, 0.1) is 0 Å². The number of carbonyl (C=O) groups is 1. The molecule has 15 heavy (non-hydrogen) atoms. The van der Waals surface area contributed by atoms with E-state index in [1.54, 1.807) is 6.08 Å². The molecule has 1 nitrogen and oxygen atoms in total. The summed E-state index contributed by atoms with van der Waals surface area (Å²) in [6.45, 7) is 3.98. The van der Waals surface area contributed by atoms with E-state index in [9.17, 15) is 4.79 Å². The maximum absolute atomic E-state index is 11.8.